The lowest BCUT2D eigenvalue weighted by Gasteiger charge is -2.08. The van der Waals surface area contributed by atoms with E-state index in [2.05, 4.69) is 0 Å². The molecule has 0 aliphatic carbocycles. The zero-order chi connectivity index (χ0) is 14.0. The summed E-state index contributed by atoms with van der Waals surface area (Å²) in [5.41, 5.74) is 0.0367. The molecular formula is C14H11F3O2. The predicted octanol–water partition coefficient (Wildman–Crippen LogP) is 3.88. The minimum Gasteiger partial charge on any atom is -0.505 e. The molecule has 2 nitrogen and oxygen atoms in total. The molecule has 0 spiro atoms. The standard InChI is InChI=1S/C14H11F3O2/c1-2-19-12-6-3-8(7-10(12)15)9-4-5-11(18)14(17)13(9)16/h3-7,18H,2H2,1H3. The Bertz CT molecular complexity index is 612. The van der Waals surface area contributed by atoms with Crippen LogP contribution in [-0.4, -0.2) is 11.7 Å². The highest BCUT2D eigenvalue weighted by molar-refractivity contribution is 5.66. The quantitative estimate of drug-likeness (QED) is 0.915. The molecule has 0 amide bonds. The van der Waals surface area contributed by atoms with Gasteiger partial charge in [-0.05, 0) is 36.8 Å². The van der Waals surface area contributed by atoms with Crippen LogP contribution in [0.2, 0.25) is 0 Å². The lowest BCUT2D eigenvalue weighted by atomic mass is 10.0. The number of ether oxygens (including phenoxy) is 1. The lowest BCUT2D eigenvalue weighted by molar-refractivity contribution is 0.321. The number of hydrogen-bond donors (Lipinski definition) is 1. The average Bonchev–Trinajstić information content (AvgIpc) is 2.39. The number of phenols is 1. The molecule has 0 bridgehead atoms. The number of rotatable bonds is 3. The fourth-order valence-corrected chi connectivity index (χ4v) is 1.70. The number of benzene rings is 2. The summed E-state index contributed by atoms with van der Waals surface area (Å²) in [7, 11) is 0. The minimum absolute atomic E-state index is 0.0471. The molecule has 0 atom stereocenters. The van der Waals surface area contributed by atoms with Gasteiger partial charge in [-0.3, -0.25) is 0 Å². The molecule has 2 aromatic rings. The molecular weight excluding hydrogens is 257 g/mol. The molecule has 100 valence electrons. The number of hydrogen-bond acceptors (Lipinski definition) is 2. The van der Waals surface area contributed by atoms with Crippen LogP contribution >= 0.6 is 0 Å². The first-order valence-corrected chi connectivity index (χ1v) is 5.64. The van der Waals surface area contributed by atoms with Crippen LogP contribution in [0.4, 0.5) is 13.2 Å². The van der Waals surface area contributed by atoms with Gasteiger partial charge in [-0.25, -0.2) is 8.78 Å². The Labute approximate surface area is 108 Å². The van der Waals surface area contributed by atoms with E-state index in [-0.39, 0.29) is 16.9 Å². The van der Waals surface area contributed by atoms with Gasteiger partial charge in [0.2, 0.25) is 5.82 Å². The van der Waals surface area contributed by atoms with Gasteiger partial charge in [0, 0.05) is 5.56 Å². The van der Waals surface area contributed by atoms with Gasteiger partial charge in [0.1, 0.15) is 0 Å². The smallest absolute Gasteiger partial charge is 0.200 e. The molecule has 0 unspecified atom stereocenters. The first-order valence-electron chi connectivity index (χ1n) is 5.64. The van der Waals surface area contributed by atoms with Crippen molar-refractivity contribution in [2.75, 3.05) is 6.61 Å². The van der Waals surface area contributed by atoms with Gasteiger partial charge in [-0.15, -0.1) is 0 Å². The Morgan fingerprint density at radius 2 is 1.79 bits per heavy atom. The molecule has 0 heterocycles. The van der Waals surface area contributed by atoms with Crippen molar-refractivity contribution in [3.63, 3.8) is 0 Å². The molecule has 0 radical (unpaired) electrons. The Balaban J connectivity index is 2.48. The molecule has 5 heteroatoms. The van der Waals surface area contributed by atoms with E-state index in [9.17, 15) is 13.2 Å². The first kappa shape index (κ1) is 13.3. The van der Waals surface area contributed by atoms with Gasteiger partial charge >= 0.3 is 0 Å². The van der Waals surface area contributed by atoms with Crippen molar-refractivity contribution in [3.8, 4) is 22.6 Å². The summed E-state index contributed by atoms with van der Waals surface area (Å²) < 4.78 is 45.5. The van der Waals surface area contributed by atoms with Crippen molar-refractivity contribution >= 4 is 0 Å². The second kappa shape index (κ2) is 5.22. The van der Waals surface area contributed by atoms with Gasteiger partial charge in [0.15, 0.2) is 23.1 Å². The lowest BCUT2D eigenvalue weighted by Crippen LogP contribution is -1.96. The normalized spacial score (nSPS) is 10.5. The maximum absolute atomic E-state index is 13.6. The second-order valence-corrected chi connectivity index (χ2v) is 3.84. The third-order valence-corrected chi connectivity index (χ3v) is 2.60. The highest BCUT2D eigenvalue weighted by Crippen LogP contribution is 2.31. The summed E-state index contributed by atoms with van der Waals surface area (Å²) >= 11 is 0. The van der Waals surface area contributed by atoms with Crippen molar-refractivity contribution in [1.82, 2.24) is 0 Å². The fraction of sp³-hybridized carbons (Fsp3) is 0.143. The zero-order valence-corrected chi connectivity index (χ0v) is 10.1. The van der Waals surface area contributed by atoms with Crippen LogP contribution < -0.4 is 4.74 Å². The van der Waals surface area contributed by atoms with Crippen molar-refractivity contribution in [2.45, 2.75) is 6.92 Å². The van der Waals surface area contributed by atoms with E-state index in [1.54, 1.807) is 6.92 Å². The van der Waals surface area contributed by atoms with Crippen LogP contribution in [0.15, 0.2) is 30.3 Å². The molecule has 0 saturated carbocycles. The van der Waals surface area contributed by atoms with E-state index in [1.807, 2.05) is 0 Å². The molecule has 19 heavy (non-hydrogen) atoms. The fourth-order valence-electron chi connectivity index (χ4n) is 1.70. The molecule has 2 aromatic carbocycles. The van der Waals surface area contributed by atoms with Gasteiger partial charge in [0.05, 0.1) is 6.61 Å². The molecule has 0 fully saturated rings. The molecule has 0 aromatic heterocycles. The maximum Gasteiger partial charge on any atom is 0.200 e. The van der Waals surface area contributed by atoms with E-state index in [1.165, 1.54) is 18.2 Å². The molecule has 2 rings (SSSR count). The van der Waals surface area contributed by atoms with Crippen LogP contribution in [0.1, 0.15) is 6.92 Å². The first-order chi connectivity index (χ1) is 9.04. The van der Waals surface area contributed by atoms with Gasteiger partial charge < -0.3 is 9.84 Å². The van der Waals surface area contributed by atoms with E-state index < -0.39 is 23.2 Å². The summed E-state index contributed by atoms with van der Waals surface area (Å²) in [6.45, 7) is 2.01. The largest absolute Gasteiger partial charge is 0.505 e. The van der Waals surface area contributed by atoms with Crippen molar-refractivity contribution in [1.29, 1.82) is 0 Å². The second-order valence-electron chi connectivity index (χ2n) is 3.84. The summed E-state index contributed by atoms with van der Waals surface area (Å²) in [5, 5.41) is 9.03. The van der Waals surface area contributed by atoms with Crippen LogP contribution in [0.25, 0.3) is 11.1 Å². The molecule has 1 N–H and O–H groups in total. The summed E-state index contributed by atoms with van der Waals surface area (Å²) in [6, 6.07) is 6.02. The van der Waals surface area contributed by atoms with Crippen molar-refractivity contribution in [3.05, 3.63) is 47.8 Å². The molecule has 0 saturated heterocycles. The minimum atomic E-state index is -1.35. The maximum atomic E-state index is 13.6. The van der Waals surface area contributed by atoms with Crippen molar-refractivity contribution in [2.24, 2.45) is 0 Å². The highest BCUT2D eigenvalue weighted by Gasteiger charge is 2.15. The summed E-state index contributed by atoms with van der Waals surface area (Å²) in [6.07, 6.45) is 0. The summed E-state index contributed by atoms with van der Waals surface area (Å²) in [4.78, 5) is 0. The topological polar surface area (TPSA) is 29.5 Å². The predicted molar refractivity (Wildman–Crippen MR) is 64.6 cm³/mol. The van der Waals surface area contributed by atoms with E-state index in [0.29, 0.717) is 6.61 Å². The number of aromatic hydroxyl groups is 1. The monoisotopic (exact) mass is 268 g/mol. The third-order valence-electron chi connectivity index (χ3n) is 2.60. The number of halogens is 3. The average molecular weight is 268 g/mol. The zero-order valence-electron chi connectivity index (χ0n) is 10.1. The van der Waals surface area contributed by atoms with E-state index in [0.717, 1.165) is 12.1 Å². The Kier molecular flexibility index (Phi) is 3.64. The van der Waals surface area contributed by atoms with Gasteiger partial charge in [-0.1, -0.05) is 6.07 Å². The Morgan fingerprint density at radius 1 is 1.05 bits per heavy atom. The molecule has 0 aliphatic heterocycles. The Hall–Kier alpha value is -2.17. The summed E-state index contributed by atoms with van der Waals surface area (Å²) in [5.74, 6) is -3.97. The van der Waals surface area contributed by atoms with Crippen LogP contribution in [-0.2, 0) is 0 Å². The Morgan fingerprint density at radius 3 is 2.42 bits per heavy atom. The number of phenolic OH excluding ortho intramolecular Hbond substituents is 1. The van der Waals surface area contributed by atoms with Crippen LogP contribution in [0.5, 0.6) is 11.5 Å². The molecule has 0 aliphatic rings. The van der Waals surface area contributed by atoms with E-state index in [4.69, 9.17) is 9.84 Å². The van der Waals surface area contributed by atoms with Crippen LogP contribution in [0.3, 0.4) is 0 Å². The van der Waals surface area contributed by atoms with Gasteiger partial charge in [-0.2, -0.15) is 4.39 Å². The SMILES string of the molecule is CCOc1ccc(-c2ccc(O)c(F)c2F)cc1F. The van der Waals surface area contributed by atoms with Crippen molar-refractivity contribution < 1.29 is 23.0 Å². The third kappa shape index (κ3) is 2.50. The van der Waals surface area contributed by atoms with Gasteiger partial charge in [0.25, 0.3) is 0 Å². The van der Waals surface area contributed by atoms with E-state index >= 15 is 0 Å². The van der Waals surface area contributed by atoms with Crippen LogP contribution in [0, 0.1) is 17.5 Å². The highest BCUT2D eigenvalue weighted by atomic mass is 19.2.